The summed E-state index contributed by atoms with van der Waals surface area (Å²) in [4.78, 5) is 12.4. The number of rotatable bonds is 3. The molecule has 2 aromatic carbocycles. The monoisotopic (exact) mass is 279 g/mol. The fourth-order valence-corrected chi connectivity index (χ4v) is 2.34. The molecule has 0 bridgehead atoms. The van der Waals surface area contributed by atoms with Gasteiger partial charge < -0.3 is 5.32 Å². The smallest absolute Gasteiger partial charge is 0.272 e. The molecule has 1 atom stereocenters. The number of amides is 1. The van der Waals surface area contributed by atoms with E-state index in [2.05, 4.69) is 15.5 Å². The third-order valence-corrected chi connectivity index (χ3v) is 3.61. The molecule has 1 amide bonds. The van der Waals surface area contributed by atoms with Gasteiger partial charge in [0.1, 0.15) is 0 Å². The van der Waals surface area contributed by atoms with Crippen molar-refractivity contribution >= 4 is 16.8 Å². The van der Waals surface area contributed by atoms with Gasteiger partial charge in [-0.2, -0.15) is 5.10 Å². The van der Waals surface area contributed by atoms with Crippen molar-refractivity contribution in [2.45, 2.75) is 19.9 Å². The van der Waals surface area contributed by atoms with Gasteiger partial charge >= 0.3 is 0 Å². The number of para-hydroxylation sites is 1. The Morgan fingerprint density at radius 2 is 1.86 bits per heavy atom. The molecule has 0 aliphatic carbocycles. The summed E-state index contributed by atoms with van der Waals surface area (Å²) in [5.74, 6) is -0.166. The molecule has 21 heavy (non-hydrogen) atoms. The molecule has 2 N–H and O–H groups in total. The van der Waals surface area contributed by atoms with Gasteiger partial charge in [0.15, 0.2) is 5.69 Å². The van der Waals surface area contributed by atoms with Crippen LogP contribution in [0.2, 0.25) is 0 Å². The lowest BCUT2D eigenvalue weighted by Gasteiger charge is -2.13. The van der Waals surface area contributed by atoms with Gasteiger partial charge in [-0.05, 0) is 25.5 Å². The summed E-state index contributed by atoms with van der Waals surface area (Å²) in [6, 6.07) is 15.7. The number of aromatic nitrogens is 2. The average Bonchev–Trinajstić information content (AvgIpc) is 2.92. The molecular formula is C17H17N3O. The zero-order valence-corrected chi connectivity index (χ0v) is 12.1. The summed E-state index contributed by atoms with van der Waals surface area (Å²) in [6.07, 6.45) is 0. The largest absolute Gasteiger partial charge is 0.344 e. The van der Waals surface area contributed by atoms with Crippen molar-refractivity contribution < 1.29 is 4.79 Å². The number of carbonyl (C=O) groups excluding carboxylic acids is 1. The lowest BCUT2D eigenvalue weighted by molar-refractivity contribution is 0.0936. The van der Waals surface area contributed by atoms with Crippen LogP contribution < -0.4 is 5.32 Å². The Kier molecular flexibility index (Phi) is 3.44. The number of carbonyl (C=O) groups is 1. The van der Waals surface area contributed by atoms with E-state index in [-0.39, 0.29) is 11.9 Å². The lowest BCUT2D eigenvalue weighted by atomic mass is 10.1. The SMILES string of the molecule is Cc1ccc(C(C)NC(=O)c2n[nH]c3ccccc23)cc1. The Balaban J connectivity index is 1.81. The van der Waals surface area contributed by atoms with E-state index < -0.39 is 0 Å². The minimum absolute atomic E-state index is 0.0615. The van der Waals surface area contributed by atoms with Crippen LogP contribution in [-0.2, 0) is 0 Å². The van der Waals surface area contributed by atoms with Crippen molar-refractivity contribution in [1.29, 1.82) is 0 Å². The van der Waals surface area contributed by atoms with Gasteiger partial charge in [0.25, 0.3) is 5.91 Å². The molecular weight excluding hydrogens is 262 g/mol. The fraction of sp³-hybridized carbons (Fsp3) is 0.176. The zero-order chi connectivity index (χ0) is 14.8. The molecule has 1 heterocycles. The number of H-pyrrole nitrogens is 1. The van der Waals surface area contributed by atoms with E-state index >= 15 is 0 Å². The highest BCUT2D eigenvalue weighted by atomic mass is 16.2. The summed E-state index contributed by atoms with van der Waals surface area (Å²) < 4.78 is 0. The van der Waals surface area contributed by atoms with Crippen molar-refractivity contribution in [2.24, 2.45) is 0 Å². The van der Waals surface area contributed by atoms with E-state index in [9.17, 15) is 4.79 Å². The number of nitrogens with zero attached hydrogens (tertiary/aromatic N) is 1. The first-order chi connectivity index (χ1) is 10.1. The van der Waals surface area contributed by atoms with Crippen LogP contribution in [0.3, 0.4) is 0 Å². The van der Waals surface area contributed by atoms with Gasteiger partial charge in [-0.1, -0.05) is 48.0 Å². The zero-order valence-electron chi connectivity index (χ0n) is 12.1. The van der Waals surface area contributed by atoms with E-state index in [0.29, 0.717) is 5.69 Å². The topological polar surface area (TPSA) is 57.8 Å². The van der Waals surface area contributed by atoms with E-state index in [0.717, 1.165) is 16.5 Å². The second kappa shape index (κ2) is 5.40. The molecule has 0 spiro atoms. The molecule has 0 fully saturated rings. The van der Waals surface area contributed by atoms with Gasteiger partial charge in [0, 0.05) is 5.39 Å². The summed E-state index contributed by atoms with van der Waals surface area (Å²) >= 11 is 0. The quantitative estimate of drug-likeness (QED) is 0.772. The number of hydrogen-bond donors (Lipinski definition) is 2. The van der Waals surface area contributed by atoms with Crippen LogP contribution in [0.15, 0.2) is 48.5 Å². The predicted octanol–water partition coefficient (Wildman–Crippen LogP) is 3.36. The van der Waals surface area contributed by atoms with Crippen LogP contribution in [0, 0.1) is 6.92 Å². The highest BCUT2D eigenvalue weighted by Crippen LogP contribution is 2.17. The third-order valence-electron chi connectivity index (χ3n) is 3.61. The first kappa shape index (κ1) is 13.4. The van der Waals surface area contributed by atoms with E-state index in [4.69, 9.17) is 0 Å². The summed E-state index contributed by atoms with van der Waals surface area (Å²) in [5.41, 5.74) is 3.58. The molecule has 3 aromatic rings. The number of benzene rings is 2. The summed E-state index contributed by atoms with van der Waals surface area (Å²) in [7, 11) is 0. The molecule has 1 unspecified atom stereocenters. The molecule has 3 rings (SSSR count). The number of nitrogens with one attached hydrogen (secondary N) is 2. The highest BCUT2D eigenvalue weighted by Gasteiger charge is 2.16. The van der Waals surface area contributed by atoms with Gasteiger partial charge in [0.2, 0.25) is 0 Å². The molecule has 0 aliphatic rings. The van der Waals surface area contributed by atoms with Crippen molar-refractivity contribution in [1.82, 2.24) is 15.5 Å². The van der Waals surface area contributed by atoms with E-state index in [1.807, 2.05) is 62.4 Å². The van der Waals surface area contributed by atoms with Crippen LogP contribution in [0.25, 0.3) is 10.9 Å². The van der Waals surface area contributed by atoms with Crippen LogP contribution in [0.4, 0.5) is 0 Å². The normalized spacial score (nSPS) is 12.3. The van der Waals surface area contributed by atoms with Crippen LogP contribution in [0.1, 0.15) is 34.6 Å². The molecule has 4 heteroatoms. The standard InChI is InChI=1S/C17H17N3O/c1-11-7-9-13(10-8-11)12(2)18-17(21)16-14-5-3-4-6-15(14)19-20-16/h3-10,12H,1-2H3,(H,18,21)(H,19,20). The summed E-state index contributed by atoms with van der Waals surface area (Å²) in [6.45, 7) is 4.01. The van der Waals surface area contributed by atoms with Gasteiger partial charge in [-0.25, -0.2) is 0 Å². The second-order valence-electron chi connectivity index (χ2n) is 5.22. The maximum Gasteiger partial charge on any atom is 0.272 e. The average molecular weight is 279 g/mol. The van der Waals surface area contributed by atoms with Gasteiger partial charge in [0.05, 0.1) is 11.6 Å². The van der Waals surface area contributed by atoms with Crippen LogP contribution >= 0.6 is 0 Å². The number of aromatic amines is 1. The molecule has 0 radical (unpaired) electrons. The first-order valence-corrected chi connectivity index (χ1v) is 6.95. The Morgan fingerprint density at radius 1 is 1.14 bits per heavy atom. The van der Waals surface area contributed by atoms with Crippen molar-refractivity contribution in [2.75, 3.05) is 0 Å². The third kappa shape index (κ3) is 2.65. The molecule has 1 aromatic heterocycles. The molecule has 4 nitrogen and oxygen atoms in total. The molecule has 106 valence electrons. The van der Waals surface area contributed by atoms with Crippen LogP contribution in [-0.4, -0.2) is 16.1 Å². The van der Waals surface area contributed by atoms with E-state index in [1.54, 1.807) is 0 Å². The van der Waals surface area contributed by atoms with Crippen molar-refractivity contribution in [3.63, 3.8) is 0 Å². The Hall–Kier alpha value is -2.62. The van der Waals surface area contributed by atoms with Gasteiger partial charge in [-0.3, -0.25) is 9.89 Å². The molecule has 0 saturated carbocycles. The number of aryl methyl sites for hydroxylation is 1. The van der Waals surface area contributed by atoms with Gasteiger partial charge in [-0.15, -0.1) is 0 Å². The lowest BCUT2D eigenvalue weighted by Crippen LogP contribution is -2.27. The number of fused-ring (bicyclic) bond motifs is 1. The Bertz CT molecular complexity index is 774. The Labute approximate surface area is 123 Å². The summed E-state index contributed by atoms with van der Waals surface area (Å²) in [5, 5.41) is 10.8. The highest BCUT2D eigenvalue weighted by molar-refractivity contribution is 6.04. The Morgan fingerprint density at radius 3 is 2.62 bits per heavy atom. The minimum Gasteiger partial charge on any atom is -0.344 e. The number of hydrogen-bond acceptors (Lipinski definition) is 2. The van der Waals surface area contributed by atoms with Crippen molar-refractivity contribution in [3.8, 4) is 0 Å². The first-order valence-electron chi connectivity index (χ1n) is 6.95. The van der Waals surface area contributed by atoms with Crippen LogP contribution in [0.5, 0.6) is 0 Å². The maximum absolute atomic E-state index is 12.4. The van der Waals surface area contributed by atoms with Crippen molar-refractivity contribution in [3.05, 3.63) is 65.4 Å². The molecule has 0 aliphatic heterocycles. The predicted molar refractivity (Wildman–Crippen MR) is 83.2 cm³/mol. The van der Waals surface area contributed by atoms with E-state index in [1.165, 1.54) is 5.56 Å². The second-order valence-corrected chi connectivity index (χ2v) is 5.22. The maximum atomic E-state index is 12.4. The fourth-order valence-electron chi connectivity index (χ4n) is 2.34. The molecule has 0 saturated heterocycles. The minimum atomic E-state index is -0.166.